The van der Waals surface area contributed by atoms with E-state index < -0.39 is 58.9 Å². The summed E-state index contributed by atoms with van der Waals surface area (Å²) in [5.74, 6) is -2.93. The van der Waals surface area contributed by atoms with Crippen LogP contribution in [0.3, 0.4) is 0 Å². The van der Waals surface area contributed by atoms with Gasteiger partial charge < -0.3 is 28.4 Å². The van der Waals surface area contributed by atoms with Crippen LogP contribution in [0.25, 0.3) is 0 Å². The lowest BCUT2D eigenvalue weighted by Crippen LogP contribution is -2.61. The van der Waals surface area contributed by atoms with Crippen LogP contribution in [0.1, 0.15) is 77.2 Å². The van der Waals surface area contributed by atoms with Crippen molar-refractivity contribution in [3.05, 3.63) is 41.5 Å². The fourth-order valence-electron chi connectivity index (χ4n) is 5.50. The molecule has 11 nitrogen and oxygen atoms in total. The quantitative estimate of drug-likeness (QED) is 0.154. The molecule has 0 amide bonds. The van der Waals surface area contributed by atoms with E-state index in [1.807, 2.05) is 6.92 Å². The van der Waals surface area contributed by atoms with Crippen molar-refractivity contribution in [1.82, 2.24) is 0 Å². The average Bonchev–Trinajstić information content (AvgIpc) is 2.91. The van der Waals surface area contributed by atoms with Gasteiger partial charge in [0.15, 0.2) is 12.2 Å². The van der Waals surface area contributed by atoms with Gasteiger partial charge in [-0.3, -0.25) is 19.2 Å². The SMILES string of the molecule is C=C1C(Cc2cc(C(=O)OC)ccc2OC)[C@](C)(CCCOC(=O)C(C)(C)C)[C@H](OC(C)=O)[C@H](OC(C)=O)[C@H]1OC(C)=O. The standard InChI is InChI=1S/C32H44O11/c1-18-24(17-23-16-22(29(36)39-10)12-13-25(23)38-9)32(8,14-11-15-40-30(37)31(5,6)7)28(43-21(4)35)27(42-20(3)34)26(18)41-19(2)33/h12-13,16,24,26-28H,1,11,14-15,17H2,2-10H3/t24?,26-,27+,28+,32-/m0/s1. The third-order valence-corrected chi connectivity index (χ3v) is 7.57. The monoisotopic (exact) mass is 604 g/mol. The first-order valence-corrected chi connectivity index (χ1v) is 14.1. The van der Waals surface area contributed by atoms with Crippen molar-refractivity contribution in [2.24, 2.45) is 16.7 Å². The third kappa shape index (κ3) is 8.81. The highest BCUT2D eigenvalue weighted by molar-refractivity contribution is 5.89. The molecule has 0 aromatic heterocycles. The van der Waals surface area contributed by atoms with Crippen LogP contribution in [-0.2, 0) is 49.3 Å². The molecule has 1 fully saturated rings. The lowest BCUT2D eigenvalue weighted by atomic mass is 9.58. The fourth-order valence-corrected chi connectivity index (χ4v) is 5.50. The van der Waals surface area contributed by atoms with Gasteiger partial charge in [0.05, 0.1) is 31.8 Å². The van der Waals surface area contributed by atoms with Gasteiger partial charge in [-0.1, -0.05) is 13.5 Å². The Balaban J connectivity index is 2.69. The molecule has 0 bridgehead atoms. The first kappa shape index (κ1) is 35.3. The number of rotatable bonds is 11. The lowest BCUT2D eigenvalue weighted by molar-refractivity contribution is -0.206. The fraction of sp³-hybridized carbons (Fsp3) is 0.594. The molecule has 0 spiro atoms. The second kappa shape index (κ2) is 14.5. The molecule has 0 N–H and O–H groups in total. The van der Waals surface area contributed by atoms with Crippen LogP contribution in [0, 0.1) is 16.7 Å². The largest absolute Gasteiger partial charge is 0.496 e. The number of esters is 5. The lowest BCUT2D eigenvalue weighted by Gasteiger charge is -2.53. The molecule has 1 aromatic rings. The summed E-state index contributed by atoms with van der Waals surface area (Å²) >= 11 is 0. The number of hydrogen-bond acceptors (Lipinski definition) is 11. The van der Waals surface area contributed by atoms with E-state index in [0.29, 0.717) is 35.3 Å². The van der Waals surface area contributed by atoms with E-state index in [-0.39, 0.29) is 19.0 Å². The molecule has 2 rings (SSSR count). The van der Waals surface area contributed by atoms with E-state index in [9.17, 15) is 24.0 Å². The molecule has 1 aliphatic rings. The number of carbonyl (C=O) groups is 5. The van der Waals surface area contributed by atoms with Gasteiger partial charge in [0.2, 0.25) is 0 Å². The van der Waals surface area contributed by atoms with Crippen molar-refractivity contribution >= 4 is 29.8 Å². The maximum absolute atomic E-state index is 12.5. The van der Waals surface area contributed by atoms with E-state index in [4.69, 9.17) is 28.4 Å². The van der Waals surface area contributed by atoms with Gasteiger partial charge in [-0.05, 0) is 75.3 Å². The minimum atomic E-state index is -1.19. The minimum Gasteiger partial charge on any atom is -0.496 e. The van der Waals surface area contributed by atoms with Crippen LogP contribution < -0.4 is 4.74 Å². The Labute approximate surface area is 253 Å². The highest BCUT2D eigenvalue weighted by Crippen LogP contribution is 2.52. The van der Waals surface area contributed by atoms with Gasteiger partial charge in [0, 0.05) is 26.2 Å². The smallest absolute Gasteiger partial charge is 0.337 e. The zero-order valence-electron chi connectivity index (χ0n) is 26.6. The summed E-state index contributed by atoms with van der Waals surface area (Å²) in [7, 11) is 2.77. The third-order valence-electron chi connectivity index (χ3n) is 7.57. The molecule has 0 saturated heterocycles. The Bertz CT molecular complexity index is 1230. The number of methoxy groups -OCH3 is 2. The predicted octanol–water partition coefficient (Wildman–Crippen LogP) is 4.38. The van der Waals surface area contributed by atoms with Gasteiger partial charge in [-0.15, -0.1) is 0 Å². The summed E-state index contributed by atoms with van der Waals surface area (Å²) in [6.45, 7) is 15.1. The van der Waals surface area contributed by atoms with E-state index in [1.165, 1.54) is 35.0 Å². The van der Waals surface area contributed by atoms with E-state index in [1.54, 1.807) is 39.0 Å². The van der Waals surface area contributed by atoms with Crippen molar-refractivity contribution in [1.29, 1.82) is 0 Å². The maximum Gasteiger partial charge on any atom is 0.337 e. The van der Waals surface area contributed by atoms with Crippen LogP contribution >= 0.6 is 0 Å². The molecular weight excluding hydrogens is 560 g/mol. The van der Waals surface area contributed by atoms with Crippen molar-refractivity contribution in [2.45, 2.75) is 86.0 Å². The minimum absolute atomic E-state index is 0.0877. The van der Waals surface area contributed by atoms with E-state index in [2.05, 4.69) is 6.58 Å². The molecule has 0 heterocycles. The topological polar surface area (TPSA) is 141 Å². The van der Waals surface area contributed by atoms with Crippen LogP contribution in [-0.4, -0.2) is 69.0 Å². The second-order valence-electron chi connectivity index (χ2n) is 12.0. The first-order chi connectivity index (χ1) is 20.0. The average molecular weight is 605 g/mol. The van der Waals surface area contributed by atoms with E-state index in [0.717, 1.165) is 0 Å². The molecular formula is C32H44O11. The molecule has 1 aromatic carbocycles. The van der Waals surface area contributed by atoms with Gasteiger partial charge in [0.1, 0.15) is 11.9 Å². The van der Waals surface area contributed by atoms with Crippen LogP contribution in [0.15, 0.2) is 30.4 Å². The van der Waals surface area contributed by atoms with Gasteiger partial charge in [0.25, 0.3) is 0 Å². The maximum atomic E-state index is 12.5. The molecule has 43 heavy (non-hydrogen) atoms. The zero-order chi connectivity index (χ0) is 32.7. The molecule has 0 radical (unpaired) electrons. The van der Waals surface area contributed by atoms with Crippen molar-refractivity contribution in [3.8, 4) is 5.75 Å². The Morgan fingerprint density at radius 3 is 2.05 bits per heavy atom. The van der Waals surface area contributed by atoms with Crippen molar-refractivity contribution in [2.75, 3.05) is 20.8 Å². The van der Waals surface area contributed by atoms with Gasteiger partial charge in [-0.2, -0.15) is 0 Å². The summed E-state index contributed by atoms with van der Waals surface area (Å²) in [6, 6.07) is 4.86. The van der Waals surface area contributed by atoms with E-state index >= 15 is 0 Å². The molecule has 1 aliphatic carbocycles. The summed E-state index contributed by atoms with van der Waals surface area (Å²) in [5, 5.41) is 0. The molecule has 11 heteroatoms. The first-order valence-electron chi connectivity index (χ1n) is 14.1. The number of ether oxygens (including phenoxy) is 6. The number of carbonyl (C=O) groups excluding carboxylic acids is 5. The molecule has 5 atom stereocenters. The Morgan fingerprint density at radius 1 is 0.930 bits per heavy atom. The van der Waals surface area contributed by atoms with Gasteiger partial charge >= 0.3 is 29.8 Å². The number of benzene rings is 1. The van der Waals surface area contributed by atoms with Crippen LogP contribution in [0.4, 0.5) is 0 Å². The highest BCUT2D eigenvalue weighted by atomic mass is 16.6. The molecule has 0 aliphatic heterocycles. The van der Waals surface area contributed by atoms with Crippen LogP contribution in [0.2, 0.25) is 0 Å². The van der Waals surface area contributed by atoms with Crippen LogP contribution in [0.5, 0.6) is 5.75 Å². The number of hydrogen-bond donors (Lipinski definition) is 0. The Kier molecular flexibility index (Phi) is 11.9. The van der Waals surface area contributed by atoms with Crippen molar-refractivity contribution in [3.63, 3.8) is 0 Å². The summed E-state index contributed by atoms with van der Waals surface area (Å²) in [6.07, 6.45) is -2.51. The summed E-state index contributed by atoms with van der Waals surface area (Å²) < 4.78 is 33.1. The second-order valence-corrected chi connectivity index (χ2v) is 12.0. The molecule has 1 unspecified atom stereocenters. The predicted molar refractivity (Wildman–Crippen MR) is 155 cm³/mol. The zero-order valence-corrected chi connectivity index (χ0v) is 26.6. The summed E-state index contributed by atoms with van der Waals surface area (Å²) in [4.78, 5) is 61.7. The normalized spacial score (nSPS) is 23.5. The summed E-state index contributed by atoms with van der Waals surface area (Å²) in [5.41, 5.74) is -0.341. The Hall–Kier alpha value is -3.89. The Morgan fingerprint density at radius 2 is 1.53 bits per heavy atom. The molecule has 1 saturated carbocycles. The highest BCUT2D eigenvalue weighted by Gasteiger charge is 2.58. The molecule has 238 valence electrons. The van der Waals surface area contributed by atoms with Crippen molar-refractivity contribution < 1.29 is 52.4 Å². The van der Waals surface area contributed by atoms with Gasteiger partial charge in [-0.25, -0.2) is 4.79 Å².